The van der Waals surface area contributed by atoms with Crippen LogP contribution in [0.5, 0.6) is 0 Å². The minimum Gasteiger partial charge on any atom is -0.311 e. The van der Waals surface area contributed by atoms with Gasteiger partial charge in [0.15, 0.2) is 0 Å². The number of amides is 1. The van der Waals surface area contributed by atoms with Gasteiger partial charge < -0.3 is 4.90 Å². The lowest BCUT2D eigenvalue weighted by Gasteiger charge is -2.18. The van der Waals surface area contributed by atoms with Gasteiger partial charge in [0.05, 0.1) is 0 Å². The van der Waals surface area contributed by atoms with Gasteiger partial charge in [-0.25, -0.2) is 0 Å². The maximum Gasteiger partial charge on any atom is 0.228 e. The van der Waals surface area contributed by atoms with E-state index >= 15 is 0 Å². The predicted octanol–water partition coefficient (Wildman–Crippen LogP) is 2.27. The van der Waals surface area contributed by atoms with Gasteiger partial charge in [0, 0.05) is 31.1 Å². The zero-order chi connectivity index (χ0) is 13.9. The van der Waals surface area contributed by atoms with Crippen LogP contribution in [0.15, 0.2) is 24.3 Å². The lowest BCUT2D eigenvalue weighted by Crippen LogP contribution is -2.24. The van der Waals surface area contributed by atoms with Crippen LogP contribution in [0.2, 0.25) is 0 Å². The van der Waals surface area contributed by atoms with Crippen molar-refractivity contribution in [1.82, 2.24) is 4.90 Å². The number of hydrogen-bond acceptors (Lipinski definition) is 2. The SMILES string of the molecule is C#CC1CC(=O)N(c2ccc(CN3CCCC3)cc2)C1. The molecule has 3 rings (SSSR count). The van der Waals surface area contributed by atoms with Gasteiger partial charge in [-0.15, -0.1) is 12.3 Å². The van der Waals surface area contributed by atoms with Gasteiger partial charge in [0.2, 0.25) is 5.91 Å². The quantitative estimate of drug-likeness (QED) is 0.785. The van der Waals surface area contributed by atoms with E-state index in [-0.39, 0.29) is 11.8 Å². The van der Waals surface area contributed by atoms with Crippen LogP contribution < -0.4 is 4.90 Å². The monoisotopic (exact) mass is 268 g/mol. The van der Waals surface area contributed by atoms with E-state index in [1.807, 2.05) is 17.0 Å². The van der Waals surface area contributed by atoms with Gasteiger partial charge >= 0.3 is 0 Å². The topological polar surface area (TPSA) is 23.6 Å². The average Bonchev–Trinajstić information content (AvgIpc) is 3.09. The highest BCUT2D eigenvalue weighted by molar-refractivity contribution is 5.96. The Kier molecular flexibility index (Phi) is 3.75. The Morgan fingerprint density at radius 3 is 2.50 bits per heavy atom. The Labute approximate surface area is 120 Å². The van der Waals surface area contributed by atoms with E-state index in [2.05, 4.69) is 23.0 Å². The van der Waals surface area contributed by atoms with Crippen LogP contribution in [-0.2, 0) is 11.3 Å². The Morgan fingerprint density at radius 2 is 1.90 bits per heavy atom. The molecule has 2 heterocycles. The molecular weight excluding hydrogens is 248 g/mol. The first kappa shape index (κ1) is 13.2. The molecular formula is C17H20N2O. The summed E-state index contributed by atoms with van der Waals surface area (Å²) < 4.78 is 0. The van der Waals surface area contributed by atoms with Crippen LogP contribution in [-0.4, -0.2) is 30.4 Å². The Balaban J connectivity index is 1.67. The summed E-state index contributed by atoms with van der Waals surface area (Å²) in [6.45, 7) is 4.08. The molecule has 2 fully saturated rings. The molecule has 0 aliphatic carbocycles. The van der Waals surface area contributed by atoms with Crippen molar-refractivity contribution in [3.8, 4) is 12.3 Å². The second kappa shape index (κ2) is 5.68. The summed E-state index contributed by atoms with van der Waals surface area (Å²) in [6, 6.07) is 8.35. The predicted molar refractivity (Wildman–Crippen MR) is 80.2 cm³/mol. The van der Waals surface area contributed by atoms with E-state index in [1.54, 1.807) is 0 Å². The summed E-state index contributed by atoms with van der Waals surface area (Å²) in [6.07, 6.45) is 8.52. The Hall–Kier alpha value is -1.79. The maximum atomic E-state index is 11.9. The first-order valence-corrected chi connectivity index (χ1v) is 7.34. The highest BCUT2D eigenvalue weighted by Crippen LogP contribution is 2.25. The number of carbonyl (C=O) groups excluding carboxylic acids is 1. The number of rotatable bonds is 3. The second-order valence-corrected chi connectivity index (χ2v) is 5.72. The standard InChI is InChI=1S/C17H20N2O/c1-2-14-11-17(20)19(13-14)16-7-5-15(6-8-16)12-18-9-3-4-10-18/h1,5-8,14H,3-4,9-13H2. The molecule has 0 radical (unpaired) electrons. The van der Waals surface area contributed by atoms with Crippen LogP contribution in [0.4, 0.5) is 5.69 Å². The smallest absolute Gasteiger partial charge is 0.228 e. The third-order valence-electron chi connectivity index (χ3n) is 4.21. The molecule has 0 saturated carbocycles. The van der Waals surface area contributed by atoms with Crippen LogP contribution in [0.25, 0.3) is 0 Å². The lowest BCUT2D eigenvalue weighted by atomic mass is 10.1. The van der Waals surface area contributed by atoms with E-state index in [0.717, 1.165) is 12.2 Å². The van der Waals surface area contributed by atoms with E-state index in [4.69, 9.17) is 6.42 Å². The molecule has 0 aromatic heterocycles. The van der Waals surface area contributed by atoms with Crippen molar-refractivity contribution in [2.75, 3.05) is 24.5 Å². The molecule has 1 atom stereocenters. The van der Waals surface area contributed by atoms with Crippen LogP contribution in [0, 0.1) is 18.3 Å². The average molecular weight is 268 g/mol. The molecule has 0 spiro atoms. The van der Waals surface area contributed by atoms with Gasteiger partial charge in [-0.3, -0.25) is 9.69 Å². The molecule has 2 saturated heterocycles. The number of carbonyl (C=O) groups is 1. The molecule has 0 bridgehead atoms. The molecule has 2 aliphatic heterocycles. The highest BCUT2D eigenvalue weighted by atomic mass is 16.2. The van der Waals surface area contributed by atoms with Crippen molar-refractivity contribution >= 4 is 11.6 Å². The maximum absolute atomic E-state index is 11.9. The molecule has 0 N–H and O–H groups in total. The van der Waals surface area contributed by atoms with E-state index < -0.39 is 0 Å². The van der Waals surface area contributed by atoms with Crippen molar-refractivity contribution in [2.45, 2.75) is 25.8 Å². The van der Waals surface area contributed by atoms with Crippen molar-refractivity contribution in [2.24, 2.45) is 5.92 Å². The summed E-state index contributed by atoms with van der Waals surface area (Å²) in [5, 5.41) is 0. The third-order valence-corrected chi connectivity index (χ3v) is 4.21. The minimum absolute atomic E-state index is 0.0618. The normalized spacial score (nSPS) is 23.2. The summed E-state index contributed by atoms with van der Waals surface area (Å²) >= 11 is 0. The van der Waals surface area contributed by atoms with Crippen molar-refractivity contribution in [3.05, 3.63) is 29.8 Å². The number of terminal acetylenes is 1. The molecule has 1 aromatic carbocycles. The van der Waals surface area contributed by atoms with Crippen LogP contribution >= 0.6 is 0 Å². The zero-order valence-corrected chi connectivity index (χ0v) is 11.7. The lowest BCUT2D eigenvalue weighted by molar-refractivity contribution is -0.117. The first-order chi connectivity index (χ1) is 9.76. The summed E-state index contributed by atoms with van der Waals surface area (Å²) in [4.78, 5) is 16.2. The van der Waals surface area contributed by atoms with Gasteiger partial charge in [0.25, 0.3) is 0 Å². The minimum atomic E-state index is 0.0618. The molecule has 3 nitrogen and oxygen atoms in total. The Bertz CT molecular complexity index is 523. The Morgan fingerprint density at radius 1 is 1.20 bits per heavy atom. The number of hydrogen-bond donors (Lipinski definition) is 0. The number of nitrogens with zero attached hydrogens (tertiary/aromatic N) is 2. The fourth-order valence-corrected chi connectivity index (χ4v) is 3.05. The van der Waals surface area contributed by atoms with Crippen LogP contribution in [0.3, 0.4) is 0 Å². The summed E-state index contributed by atoms with van der Waals surface area (Å²) in [7, 11) is 0. The van der Waals surface area contributed by atoms with Crippen molar-refractivity contribution in [1.29, 1.82) is 0 Å². The summed E-state index contributed by atoms with van der Waals surface area (Å²) in [5.74, 6) is 2.89. The number of anilines is 1. The molecule has 2 aliphatic rings. The van der Waals surface area contributed by atoms with Gasteiger partial charge in [-0.2, -0.15) is 0 Å². The fraction of sp³-hybridized carbons (Fsp3) is 0.471. The molecule has 20 heavy (non-hydrogen) atoms. The molecule has 104 valence electrons. The molecule has 3 heteroatoms. The number of benzene rings is 1. The zero-order valence-electron chi connectivity index (χ0n) is 11.7. The van der Waals surface area contributed by atoms with Crippen molar-refractivity contribution in [3.63, 3.8) is 0 Å². The second-order valence-electron chi connectivity index (χ2n) is 5.72. The van der Waals surface area contributed by atoms with E-state index in [1.165, 1.54) is 31.5 Å². The molecule has 1 amide bonds. The molecule has 1 aromatic rings. The fourth-order valence-electron chi connectivity index (χ4n) is 3.05. The largest absolute Gasteiger partial charge is 0.311 e. The van der Waals surface area contributed by atoms with Crippen molar-refractivity contribution < 1.29 is 4.79 Å². The van der Waals surface area contributed by atoms with Gasteiger partial charge in [-0.1, -0.05) is 12.1 Å². The van der Waals surface area contributed by atoms with Gasteiger partial charge in [-0.05, 0) is 43.6 Å². The van der Waals surface area contributed by atoms with E-state index in [9.17, 15) is 4.79 Å². The summed E-state index contributed by atoms with van der Waals surface area (Å²) in [5.41, 5.74) is 2.29. The van der Waals surface area contributed by atoms with Gasteiger partial charge in [0.1, 0.15) is 0 Å². The number of likely N-dealkylation sites (tertiary alicyclic amines) is 1. The third kappa shape index (κ3) is 2.71. The van der Waals surface area contributed by atoms with E-state index in [0.29, 0.717) is 13.0 Å². The van der Waals surface area contributed by atoms with Crippen LogP contribution in [0.1, 0.15) is 24.8 Å². The highest BCUT2D eigenvalue weighted by Gasteiger charge is 2.29. The molecule has 1 unspecified atom stereocenters. The first-order valence-electron chi connectivity index (χ1n) is 7.34.